The fourth-order valence-corrected chi connectivity index (χ4v) is 2.53. The summed E-state index contributed by atoms with van der Waals surface area (Å²) >= 11 is 3.37. The minimum absolute atomic E-state index is 0.254. The molecule has 0 saturated carbocycles. The van der Waals surface area contributed by atoms with E-state index >= 15 is 0 Å². The van der Waals surface area contributed by atoms with Crippen molar-refractivity contribution in [1.29, 1.82) is 0 Å². The molecule has 0 bridgehead atoms. The molecular weight excluding hydrogens is 310 g/mol. The zero-order valence-corrected chi connectivity index (χ0v) is 11.6. The van der Waals surface area contributed by atoms with Crippen molar-refractivity contribution < 1.29 is 9.90 Å². The van der Waals surface area contributed by atoms with E-state index in [0.29, 0.717) is 18.2 Å². The Bertz CT molecular complexity index is 634. The van der Waals surface area contributed by atoms with Gasteiger partial charge >= 0.3 is 5.97 Å². The molecule has 19 heavy (non-hydrogen) atoms. The summed E-state index contributed by atoms with van der Waals surface area (Å²) in [6, 6.07) is 7.50. The molecule has 0 unspecified atom stereocenters. The summed E-state index contributed by atoms with van der Waals surface area (Å²) in [5.74, 6) is -0.304. The van der Waals surface area contributed by atoms with Crippen LogP contribution in [0.1, 0.15) is 16.9 Å². The van der Waals surface area contributed by atoms with Gasteiger partial charge < -0.3 is 15.0 Å². The summed E-state index contributed by atoms with van der Waals surface area (Å²) in [6.07, 6.45) is 0.906. The van der Waals surface area contributed by atoms with Crippen molar-refractivity contribution in [3.05, 3.63) is 34.4 Å². The van der Waals surface area contributed by atoms with E-state index in [0.717, 1.165) is 23.0 Å². The molecule has 2 aromatic rings. The number of hydrogen-bond donors (Lipinski definition) is 2. The maximum atomic E-state index is 11.5. The summed E-state index contributed by atoms with van der Waals surface area (Å²) in [5.41, 5.74) is 1.58. The lowest BCUT2D eigenvalue weighted by Gasteiger charge is -2.16. The Kier molecular flexibility index (Phi) is 3.02. The molecule has 0 spiro atoms. The highest BCUT2D eigenvalue weighted by Crippen LogP contribution is 2.29. The maximum absolute atomic E-state index is 11.5. The monoisotopic (exact) mass is 321 g/mol. The Morgan fingerprint density at radius 3 is 2.79 bits per heavy atom. The van der Waals surface area contributed by atoms with Gasteiger partial charge in [-0.05, 0) is 18.6 Å². The molecule has 0 amide bonds. The summed E-state index contributed by atoms with van der Waals surface area (Å²) in [6.45, 7) is 1.52. The Morgan fingerprint density at radius 1 is 1.37 bits per heavy atom. The van der Waals surface area contributed by atoms with Gasteiger partial charge in [-0.1, -0.05) is 28.1 Å². The molecule has 1 aromatic heterocycles. The Labute approximate surface area is 118 Å². The molecule has 2 heterocycles. The average molecular weight is 322 g/mol. The molecule has 1 aliphatic rings. The number of halogens is 1. The number of imidazole rings is 1. The zero-order valence-electron chi connectivity index (χ0n) is 10.1. The maximum Gasteiger partial charge on any atom is 0.354 e. The van der Waals surface area contributed by atoms with Crippen molar-refractivity contribution in [3.8, 4) is 11.3 Å². The minimum atomic E-state index is -0.944. The zero-order chi connectivity index (χ0) is 13.4. The molecule has 3 rings (SSSR count). The second-order valence-corrected chi connectivity index (χ2v) is 5.29. The lowest BCUT2D eigenvalue weighted by atomic mass is 10.1. The molecule has 2 N–H and O–H groups in total. The average Bonchev–Trinajstić information content (AvgIpc) is 2.78. The molecule has 0 fully saturated rings. The SMILES string of the molecule is O=C(O)c1c(-c2ccc(Br)cc2)nc2n1CCCN2. The highest BCUT2D eigenvalue weighted by Gasteiger charge is 2.25. The van der Waals surface area contributed by atoms with Crippen LogP contribution in [0.5, 0.6) is 0 Å². The van der Waals surface area contributed by atoms with Gasteiger partial charge in [-0.3, -0.25) is 0 Å². The van der Waals surface area contributed by atoms with E-state index in [1.54, 1.807) is 4.57 Å². The molecule has 0 aliphatic carbocycles. The van der Waals surface area contributed by atoms with Gasteiger partial charge in [0.15, 0.2) is 5.69 Å². The van der Waals surface area contributed by atoms with Crippen LogP contribution in [-0.4, -0.2) is 27.2 Å². The normalized spacial score (nSPS) is 13.7. The number of anilines is 1. The second kappa shape index (κ2) is 4.70. The topological polar surface area (TPSA) is 67.1 Å². The molecule has 0 saturated heterocycles. The third kappa shape index (κ3) is 2.12. The fourth-order valence-electron chi connectivity index (χ4n) is 2.27. The lowest BCUT2D eigenvalue weighted by Crippen LogP contribution is -2.20. The van der Waals surface area contributed by atoms with Gasteiger partial charge in [0.2, 0.25) is 5.95 Å². The van der Waals surface area contributed by atoms with Crippen molar-refractivity contribution in [3.63, 3.8) is 0 Å². The predicted octanol–water partition coefficient (Wildman–Crippen LogP) is 2.83. The van der Waals surface area contributed by atoms with Crippen LogP contribution in [0.2, 0.25) is 0 Å². The number of benzene rings is 1. The number of aromatic carboxylic acids is 1. The van der Waals surface area contributed by atoms with Crippen LogP contribution in [0.15, 0.2) is 28.7 Å². The van der Waals surface area contributed by atoms with Crippen LogP contribution in [0.3, 0.4) is 0 Å². The Hall–Kier alpha value is -1.82. The Morgan fingerprint density at radius 2 is 2.11 bits per heavy atom. The van der Waals surface area contributed by atoms with E-state index in [9.17, 15) is 9.90 Å². The van der Waals surface area contributed by atoms with Crippen molar-refractivity contribution in [1.82, 2.24) is 9.55 Å². The summed E-state index contributed by atoms with van der Waals surface area (Å²) in [7, 11) is 0. The number of carbonyl (C=O) groups is 1. The quantitative estimate of drug-likeness (QED) is 0.892. The number of rotatable bonds is 2. The van der Waals surface area contributed by atoms with Gasteiger partial charge in [-0.15, -0.1) is 0 Å². The molecule has 6 heteroatoms. The van der Waals surface area contributed by atoms with Gasteiger partial charge in [-0.2, -0.15) is 0 Å². The van der Waals surface area contributed by atoms with E-state index in [1.807, 2.05) is 24.3 Å². The summed E-state index contributed by atoms with van der Waals surface area (Å²) in [5, 5.41) is 12.6. The van der Waals surface area contributed by atoms with Crippen LogP contribution in [0.25, 0.3) is 11.3 Å². The van der Waals surface area contributed by atoms with E-state index < -0.39 is 5.97 Å². The molecule has 5 nitrogen and oxygen atoms in total. The molecule has 1 aromatic carbocycles. The minimum Gasteiger partial charge on any atom is -0.477 e. The van der Waals surface area contributed by atoms with Gasteiger partial charge in [0.25, 0.3) is 0 Å². The molecule has 1 aliphatic heterocycles. The number of carboxylic acid groups (broad SMARTS) is 1. The number of nitrogens with zero attached hydrogens (tertiary/aromatic N) is 2. The highest BCUT2D eigenvalue weighted by atomic mass is 79.9. The third-order valence-electron chi connectivity index (χ3n) is 3.13. The van der Waals surface area contributed by atoms with Gasteiger partial charge in [0.05, 0.1) is 0 Å². The standard InChI is InChI=1S/C13H12BrN3O2/c14-9-4-2-8(3-5-9)10-11(12(18)19)17-7-1-6-15-13(17)16-10/h2-5H,1,6-7H2,(H,15,16)(H,18,19). The summed E-state index contributed by atoms with van der Waals surface area (Å²) in [4.78, 5) is 15.9. The van der Waals surface area contributed by atoms with E-state index in [4.69, 9.17) is 0 Å². The second-order valence-electron chi connectivity index (χ2n) is 4.38. The van der Waals surface area contributed by atoms with Crippen LogP contribution >= 0.6 is 15.9 Å². The highest BCUT2D eigenvalue weighted by molar-refractivity contribution is 9.10. The van der Waals surface area contributed by atoms with Crippen LogP contribution in [0.4, 0.5) is 5.95 Å². The van der Waals surface area contributed by atoms with Crippen molar-refractivity contribution >= 4 is 27.8 Å². The number of fused-ring (bicyclic) bond motifs is 1. The largest absolute Gasteiger partial charge is 0.477 e. The number of aromatic nitrogens is 2. The van der Waals surface area contributed by atoms with Crippen LogP contribution in [0, 0.1) is 0 Å². The first kappa shape index (κ1) is 12.2. The third-order valence-corrected chi connectivity index (χ3v) is 3.66. The number of nitrogens with one attached hydrogen (secondary N) is 1. The molecule has 0 atom stereocenters. The van der Waals surface area contributed by atoms with Crippen molar-refractivity contribution in [2.45, 2.75) is 13.0 Å². The molecule has 0 radical (unpaired) electrons. The number of carboxylic acids is 1. The van der Waals surface area contributed by atoms with E-state index in [1.165, 1.54) is 0 Å². The first-order valence-electron chi connectivity index (χ1n) is 6.00. The molecule has 98 valence electrons. The van der Waals surface area contributed by atoms with Crippen molar-refractivity contribution in [2.24, 2.45) is 0 Å². The summed E-state index contributed by atoms with van der Waals surface area (Å²) < 4.78 is 2.69. The van der Waals surface area contributed by atoms with Gasteiger partial charge in [0, 0.05) is 23.1 Å². The Balaban J connectivity index is 2.17. The number of hydrogen-bond acceptors (Lipinski definition) is 3. The van der Waals surface area contributed by atoms with Gasteiger partial charge in [-0.25, -0.2) is 9.78 Å². The van der Waals surface area contributed by atoms with E-state index in [-0.39, 0.29) is 5.69 Å². The van der Waals surface area contributed by atoms with Crippen LogP contribution in [-0.2, 0) is 6.54 Å². The smallest absolute Gasteiger partial charge is 0.354 e. The lowest BCUT2D eigenvalue weighted by molar-refractivity contribution is 0.0686. The first-order chi connectivity index (χ1) is 9.16. The van der Waals surface area contributed by atoms with Crippen LogP contribution < -0.4 is 5.32 Å². The molecular formula is C13H12BrN3O2. The predicted molar refractivity (Wildman–Crippen MR) is 75.4 cm³/mol. The first-order valence-corrected chi connectivity index (χ1v) is 6.80. The van der Waals surface area contributed by atoms with Crippen molar-refractivity contribution in [2.75, 3.05) is 11.9 Å². The van der Waals surface area contributed by atoms with Gasteiger partial charge in [0.1, 0.15) is 5.69 Å². The van der Waals surface area contributed by atoms with E-state index in [2.05, 4.69) is 26.2 Å². The fraction of sp³-hybridized carbons (Fsp3) is 0.231.